The molecule has 4 amide bonds. The largest absolute Gasteiger partial charge is 0.326 e. The highest BCUT2D eigenvalue weighted by Crippen LogP contribution is 2.28. The lowest BCUT2D eigenvalue weighted by Crippen LogP contribution is -2.45. The van der Waals surface area contributed by atoms with Crippen molar-refractivity contribution >= 4 is 35.0 Å². The molecule has 1 atom stereocenters. The van der Waals surface area contributed by atoms with Crippen LogP contribution in [0.4, 0.5) is 11.4 Å². The van der Waals surface area contributed by atoms with E-state index in [0.717, 1.165) is 16.0 Å². The molecule has 1 saturated heterocycles. The summed E-state index contributed by atoms with van der Waals surface area (Å²) in [5, 5.41) is 2.65. The van der Waals surface area contributed by atoms with E-state index in [0.29, 0.717) is 16.9 Å². The van der Waals surface area contributed by atoms with Crippen LogP contribution in [-0.2, 0) is 20.9 Å². The van der Waals surface area contributed by atoms with Crippen LogP contribution in [0.15, 0.2) is 73.1 Å². The molecule has 2 aromatic carbocycles. The molecule has 1 aromatic heterocycles. The molecule has 172 valence electrons. The SMILES string of the molecule is CC(=O)Nc1ccc(N2C(=O)CC(N(Cc3cccnc3)C(=O)c3ccc(C)cc3)C2=O)cc1. The van der Waals surface area contributed by atoms with Gasteiger partial charge in [0, 0.05) is 37.1 Å². The second-order valence-electron chi connectivity index (χ2n) is 8.18. The summed E-state index contributed by atoms with van der Waals surface area (Å²) in [7, 11) is 0. The van der Waals surface area contributed by atoms with Gasteiger partial charge >= 0.3 is 0 Å². The number of hydrogen-bond donors (Lipinski definition) is 1. The van der Waals surface area contributed by atoms with Crippen LogP contribution < -0.4 is 10.2 Å². The number of carbonyl (C=O) groups is 4. The van der Waals surface area contributed by atoms with E-state index in [9.17, 15) is 19.2 Å². The predicted molar refractivity (Wildman–Crippen MR) is 127 cm³/mol. The lowest BCUT2D eigenvalue weighted by Gasteiger charge is -2.28. The molecule has 4 rings (SSSR count). The summed E-state index contributed by atoms with van der Waals surface area (Å²) < 4.78 is 0. The molecule has 1 aliphatic heterocycles. The lowest BCUT2D eigenvalue weighted by atomic mass is 10.1. The Morgan fingerprint density at radius 3 is 2.38 bits per heavy atom. The molecule has 0 saturated carbocycles. The highest BCUT2D eigenvalue weighted by Gasteiger charge is 2.44. The number of aryl methyl sites for hydroxylation is 1. The second-order valence-corrected chi connectivity index (χ2v) is 8.18. The monoisotopic (exact) mass is 456 g/mol. The molecule has 1 unspecified atom stereocenters. The molecule has 8 heteroatoms. The third-order valence-electron chi connectivity index (χ3n) is 5.58. The first-order valence-corrected chi connectivity index (χ1v) is 10.8. The van der Waals surface area contributed by atoms with E-state index >= 15 is 0 Å². The number of nitrogens with zero attached hydrogens (tertiary/aromatic N) is 3. The fourth-order valence-corrected chi connectivity index (χ4v) is 3.90. The van der Waals surface area contributed by atoms with Gasteiger partial charge in [0.2, 0.25) is 11.8 Å². The fraction of sp³-hybridized carbons (Fsp3) is 0.192. The Morgan fingerprint density at radius 1 is 1.06 bits per heavy atom. The minimum absolute atomic E-state index is 0.121. The van der Waals surface area contributed by atoms with Crippen LogP contribution in [0, 0.1) is 6.92 Å². The summed E-state index contributed by atoms with van der Waals surface area (Å²) >= 11 is 0. The van der Waals surface area contributed by atoms with Crippen LogP contribution in [-0.4, -0.2) is 39.6 Å². The van der Waals surface area contributed by atoms with Crippen molar-refractivity contribution in [3.63, 3.8) is 0 Å². The van der Waals surface area contributed by atoms with Gasteiger partial charge < -0.3 is 10.2 Å². The topological polar surface area (TPSA) is 99.7 Å². The zero-order chi connectivity index (χ0) is 24.2. The van der Waals surface area contributed by atoms with Crippen molar-refractivity contribution in [1.82, 2.24) is 9.88 Å². The van der Waals surface area contributed by atoms with E-state index in [1.165, 1.54) is 11.8 Å². The van der Waals surface area contributed by atoms with Gasteiger partial charge in [0.25, 0.3) is 11.8 Å². The number of amides is 4. The van der Waals surface area contributed by atoms with Crippen LogP contribution in [0.5, 0.6) is 0 Å². The fourth-order valence-electron chi connectivity index (χ4n) is 3.90. The van der Waals surface area contributed by atoms with Gasteiger partial charge in [-0.2, -0.15) is 0 Å². The smallest absolute Gasteiger partial charge is 0.257 e. The maximum absolute atomic E-state index is 13.5. The van der Waals surface area contributed by atoms with Crippen LogP contribution in [0.3, 0.4) is 0 Å². The van der Waals surface area contributed by atoms with Gasteiger partial charge in [0.15, 0.2) is 0 Å². The van der Waals surface area contributed by atoms with Crippen LogP contribution in [0.2, 0.25) is 0 Å². The number of pyridine rings is 1. The maximum Gasteiger partial charge on any atom is 0.257 e. The number of aromatic nitrogens is 1. The van der Waals surface area contributed by atoms with Crippen LogP contribution >= 0.6 is 0 Å². The molecule has 0 spiro atoms. The Kier molecular flexibility index (Phi) is 6.49. The van der Waals surface area contributed by atoms with Gasteiger partial charge in [0.1, 0.15) is 6.04 Å². The molecule has 1 N–H and O–H groups in total. The first-order chi connectivity index (χ1) is 16.3. The van der Waals surface area contributed by atoms with Crippen molar-refractivity contribution < 1.29 is 19.2 Å². The van der Waals surface area contributed by atoms with E-state index in [1.807, 2.05) is 25.1 Å². The molecule has 0 radical (unpaired) electrons. The summed E-state index contributed by atoms with van der Waals surface area (Å²) in [6, 6.07) is 16.2. The molecule has 1 fully saturated rings. The Bertz CT molecular complexity index is 1220. The Morgan fingerprint density at radius 2 is 1.76 bits per heavy atom. The van der Waals surface area contributed by atoms with Gasteiger partial charge in [-0.1, -0.05) is 23.8 Å². The number of rotatable bonds is 6. The average Bonchev–Trinajstić information content (AvgIpc) is 3.12. The van der Waals surface area contributed by atoms with E-state index in [2.05, 4.69) is 10.3 Å². The van der Waals surface area contributed by atoms with Crippen molar-refractivity contribution in [3.05, 3.63) is 89.7 Å². The second kappa shape index (κ2) is 9.66. The first-order valence-electron chi connectivity index (χ1n) is 10.8. The van der Waals surface area contributed by atoms with Gasteiger partial charge in [0.05, 0.1) is 12.1 Å². The number of hydrogen-bond acceptors (Lipinski definition) is 5. The molecule has 2 heterocycles. The van der Waals surface area contributed by atoms with Gasteiger partial charge in [-0.15, -0.1) is 0 Å². The van der Waals surface area contributed by atoms with E-state index in [-0.39, 0.29) is 24.8 Å². The Hall–Kier alpha value is -4.33. The summed E-state index contributed by atoms with van der Waals surface area (Å²) in [4.78, 5) is 57.7. The molecule has 1 aliphatic rings. The van der Waals surface area contributed by atoms with Gasteiger partial charge in [-0.05, 0) is 55.0 Å². The van der Waals surface area contributed by atoms with E-state index in [1.54, 1.807) is 54.9 Å². The number of imide groups is 1. The summed E-state index contributed by atoms with van der Waals surface area (Å²) in [5.41, 5.74) is 3.14. The zero-order valence-corrected chi connectivity index (χ0v) is 18.9. The molecular weight excluding hydrogens is 432 g/mol. The third-order valence-corrected chi connectivity index (χ3v) is 5.58. The summed E-state index contributed by atoms with van der Waals surface area (Å²) in [6.45, 7) is 3.46. The van der Waals surface area contributed by atoms with Gasteiger partial charge in [-0.3, -0.25) is 24.2 Å². The minimum Gasteiger partial charge on any atom is -0.326 e. The third kappa shape index (κ3) is 4.85. The van der Waals surface area contributed by atoms with Crippen molar-refractivity contribution in [3.8, 4) is 0 Å². The van der Waals surface area contributed by atoms with E-state index in [4.69, 9.17) is 0 Å². The molecule has 0 bridgehead atoms. The predicted octanol–water partition coefficient (Wildman–Crippen LogP) is 3.32. The number of nitrogens with one attached hydrogen (secondary N) is 1. The lowest BCUT2D eigenvalue weighted by molar-refractivity contribution is -0.122. The first kappa shape index (κ1) is 22.8. The standard InChI is InChI=1S/C26H24N4O4/c1-17-5-7-20(8-6-17)25(33)29(16-19-4-3-13-27-15-19)23-14-24(32)30(26(23)34)22-11-9-21(10-12-22)28-18(2)31/h3-13,15,23H,14,16H2,1-2H3,(H,28,31). The molecule has 34 heavy (non-hydrogen) atoms. The molecule has 0 aliphatic carbocycles. The van der Waals surface area contributed by atoms with Crippen molar-refractivity contribution in [1.29, 1.82) is 0 Å². The van der Waals surface area contributed by atoms with E-state index < -0.39 is 17.9 Å². The van der Waals surface area contributed by atoms with Gasteiger partial charge in [-0.25, -0.2) is 4.90 Å². The summed E-state index contributed by atoms with van der Waals surface area (Å²) in [5.74, 6) is -1.42. The van der Waals surface area contributed by atoms with Crippen LogP contribution in [0.25, 0.3) is 0 Å². The number of benzene rings is 2. The molecular formula is C26H24N4O4. The zero-order valence-electron chi connectivity index (χ0n) is 18.9. The normalized spacial score (nSPS) is 15.4. The number of anilines is 2. The molecule has 3 aromatic rings. The minimum atomic E-state index is -0.948. The van der Waals surface area contributed by atoms with Crippen LogP contribution in [0.1, 0.15) is 34.8 Å². The maximum atomic E-state index is 13.5. The molecule has 8 nitrogen and oxygen atoms in total. The highest BCUT2D eigenvalue weighted by molar-refractivity contribution is 6.23. The van der Waals surface area contributed by atoms with Crippen molar-refractivity contribution in [2.75, 3.05) is 10.2 Å². The Labute approximate surface area is 197 Å². The quantitative estimate of drug-likeness (QED) is 0.574. The highest BCUT2D eigenvalue weighted by atomic mass is 16.2. The average molecular weight is 457 g/mol. The summed E-state index contributed by atoms with van der Waals surface area (Å²) in [6.07, 6.45) is 3.14. The van der Waals surface area contributed by atoms with Crippen molar-refractivity contribution in [2.24, 2.45) is 0 Å². The number of carbonyl (C=O) groups excluding carboxylic acids is 4. The van der Waals surface area contributed by atoms with Crippen molar-refractivity contribution in [2.45, 2.75) is 32.9 Å². The Balaban J connectivity index is 1.64.